The highest BCUT2D eigenvalue weighted by Gasteiger charge is 2.65. The fourth-order valence-electron chi connectivity index (χ4n) is 5.16. The first-order valence-corrected chi connectivity index (χ1v) is 10.1. The van der Waals surface area contributed by atoms with Crippen LogP contribution in [0.4, 0.5) is 5.69 Å². The Kier molecular flexibility index (Phi) is 4.03. The van der Waals surface area contributed by atoms with Gasteiger partial charge in [-0.1, -0.05) is 42.0 Å². The number of hydrogen-bond donors (Lipinski definition) is 1. The Balaban J connectivity index is 1.74. The Morgan fingerprint density at radius 3 is 2.30 bits per heavy atom. The maximum atomic E-state index is 13.6. The molecule has 4 atom stereocenters. The van der Waals surface area contributed by atoms with E-state index >= 15 is 0 Å². The van der Waals surface area contributed by atoms with Crippen LogP contribution in [0.1, 0.15) is 34.5 Å². The summed E-state index contributed by atoms with van der Waals surface area (Å²) in [5, 5.41) is 2.81. The van der Waals surface area contributed by atoms with Gasteiger partial charge in [0.05, 0.1) is 29.1 Å². The lowest BCUT2D eigenvalue weighted by molar-refractivity contribution is -0.142. The van der Waals surface area contributed by atoms with Crippen LogP contribution in [-0.2, 0) is 14.4 Å². The molecule has 2 aromatic rings. The maximum Gasteiger partial charge on any atom is 0.257 e. The van der Waals surface area contributed by atoms with Crippen molar-refractivity contribution in [1.29, 1.82) is 0 Å². The first kappa shape index (κ1) is 18.5. The van der Waals surface area contributed by atoms with Crippen LogP contribution >= 0.6 is 0 Å². The van der Waals surface area contributed by atoms with Crippen molar-refractivity contribution in [2.75, 3.05) is 11.9 Å². The van der Waals surface area contributed by atoms with E-state index in [1.54, 1.807) is 31.2 Å². The fourth-order valence-corrected chi connectivity index (χ4v) is 5.16. The highest BCUT2D eigenvalue weighted by Crippen LogP contribution is 2.51. The third-order valence-electron chi connectivity index (χ3n) is 6.39. The fraction of sp³-hybridized carbons (Fsp3) is 0.304. The van der Waals surface area contributed by atoms with E-state index < -0.39 is 29.8 Å². The van der Waals surface area contributed by atoms with Crippen molar-refractivity contribution < 1.29 is 19.2 Å². The molecule has 0 radical (unpaired) electrons. The van der Waals surface area contributed by atoms with Gasteiger partial charge >= 0.3 is 0 Å². The number of nitrogens with one attached hydrogen (secondary N) is 1. The van der Waals surface area contributed by atoms with Crippen LogP contribution in [0.3, 0.4) is 0 Å². The first-order chi connectivity index (χ1) is 14.4. The van der Waals surface area contributed by atoms with E-state index in [-0.39, 0.29) is 24.3 Å². The minimum Gasteiger partial charge on any atom is -0.324 e. The summed E-state index contributed by atoms with van der Waals surface area (Å²) in [4.78, 5) is 55.9. The van der Waals surface area contributed by atoms with Gasteiger partial charge in [-0.3, -0.25) is 24.1 Å². The third-order valence-corrected chi connectivity index (χ3v) is 6.39. The number of rotatable bonds is 2. The Morgan fingerprint density at radius 1 is 0.900 bits per heavy atom. The van der Waals surface area contributed by atoms with E-state index in [9.17, 15) is 19.2 Å². The Labute approximate surface area is 173 Å². The normalized spacial score (nSPS) is 27.5. The Bertz CT molecular complexity index is 1110. The smallest absolute Gasteiger partial charge is 0.257 e. The molecule has 152 valence electrons. The second kappa shape index (κ2) is 6.52. The molecule has 0 aliphatic carbocycles. The van der Waals surface area contributed by atoms with Crippen molar-refractivity contribution in [3.63, 3.8) is 0 Å². The van der Waals surface area contributed by atoms with Gasteiger partial charge in [0.25, 0.3) is 5.91 Å². The average molecular weight is 403 g/mol. The molecule has 4 amide bonds. The number of likely N-dealkylation sites (tertiary alicyclic amines) is 1. The summed E-state index contributed by atoms with van der Waals surface area (Å²) in [5.74, 6) is -3.14. The predicted molar refractivity (Wildman–Crippen MR) is 108 cm³/mol. The van der Waals surface area contributed by atoms with E-state index in [0.717, 1.165) is 11.1 Å². The van der Waals surface area contributed by atoms with E-state index in [1.807, 2.05) is 31.2 Å². The summed E-state index contributed by atoms with van der Waals surface area (Å²) in [6.45, 7) is 3.91. The van der Waals surface area contributed by atoms with Crippen molar-refractivity contribution in [3.05, 3.63) is 65.2 Å². The van der Waals surface area contributed by atoms with Gasteiger partial charge in [0.1, 0.15) is 6.04 Å². The molecule has 2 aromatic carbocycles. The molecule has 0 spiro atoms. The molecule has 3 aliphatic heterocycles. The van der Waals surface area contributed by atoms with Gasteiger partial charge in [-0.25, -0.2) is 0 Å². The number of aryl methyl sites for hydroxylation is 1. The van der Waals surface area contributed by atoms with Gasteiger partial charge in [-0.15, -0.1) is 0 Å². The monoisotopic (exact) mass is 403 g/mol. The number of carbonyl (C=O) groups is 4. The molecular formula is C23H21N3O4. The number of hydrogen-bond acceptors (Lipinski definition) is 4. The van der Waals surface area contributed by atoms with Crippen LogP contribution in [0.15, 0.2) is 48.5 Å². The molecule has 0 aromatic heterocycles. The second-order valence-corrected chi connectivity index (χ2v) is 8.02. The lowest BCUT2D eigenvalue weighted by atomic mass is 9.86. The SMILES string of the molecule is CCN1C(=O)[C@@H]2[C@H](C1=O)[C@@H]1C(=O)Nc3ccccc3C(=O)N1[C@@H]2c1cccc(C)c1. The molecule has 7 nitrogen and oxygen atoms in total. The standard InChI is InChI=1S/C23H21N3O4/c1-3-25-22(29)16-17(23(25)30)19-20(27)24-15-10-5-4-9-14(15)21(28)26(19)18(16)13-8-6-7-12(2)11-13/h4-11,16-19H,3H2,1-2H3,(H,24,27)/t16-,17+,18-,19-/m1/s1. The summed E-state index contributed by atoms with van der Waals surface area (Å²) >= 11 is 0. The van der Waals surface area contributed by atoms with Crippen LogP contribution < -0.4 is 5.32 Å². The summed E-state index contributed by atoms with van der Waals surface area (Å²) < 4.78 is 0. The molecule has 2 saturated heterocycles. The Hall–Kier alpha value is -3.48. The van der Waals surface area contributed by atoms with E-state index in [4.69, 9.17) is 0 Å². The minimum atomic E-state index is -1.03. The summed E-state index contributed by atoms with van der Waals surface area (Å²) in [7, 11) is 0. The van der Waals surface area contributed by atoms with Crippen LogP contribution in [-0.4, -0.2) is 46.0 Å². The van der Waals surface area contributed by atoms with Crippen LogP contribution in [0.5, 0.6) is 0 Å². The van der Waals surface area contributed by atoms with Crippen molar-refractivity contribution in [3.8, 4) is 0 Å². The molecule has 1 N–H and O–H groups in total. The van der Waals surface area contributed by atoms with Crippen molar-refractivity contribution >= 4 is 29.3 Å². The van der Waals surface area contributed by atoms with Gasteiger partial charge < -0.3 is 10.2 Å². The van der Waals surface area contributed by atoms with Crippen molar-refractivity contribution in [1.82, 2.24) is 9.80 Å². The number of imide groups is 1. The lowest BCUT2D eigenvalue weighted by Gasteiger charge is -2.31. The topological polar surface area (TPSA) is 86.8 Å². The largest absolute Gasteiger partial charge is 0.324 e. The van der Waals surface area contributed by atoms with Gasteiger partial charge in [0, 0.05) is 6.54 Å². The van der Waals surface area contributed by atoms with E-state index in [1.165, 1.54) is 9.80 Å². The van der Waals surface area contributed by atoms with Crippen LogP contribution in [0.25, 0.3) is 0 Å². The number of carbonyl (C=O) groups excluding carboxylic acids is 4. The molecule has 2 fully saturated rings. The van der Waals surface area contributed by atoms with Gasteiger partial charge in [-0.2, -0.15) is 0 Å². The molecule has 0 saturated carbocycles. The van der Waals surface area contributed by atoms with Crippen LogP contribution in [0.2, 0.25) is 0 Å². The number of anilines is 1. The third kappa shape index (κ3) is 2.38. The van der Waals surface area contributed by atoms with Crippen molar-refractivity contribution in [2.45, 2.75) is 25.9 Å². The highest BCUT2D eigenvalue weighted by molar-refractivity contribution is 6.16. The van der Waals surface area contributed by atoms with Gasteiger partial charge in [-0.05, 0) is 31.5 Å². The highest BCUT2D eigenvalue weighted by atomic mass is 16.2. The Morgan fingerprint density at radius 2 is 1.60 bits per heavy atom. The zero-order valence-electron chi connectivity index (χ0n) is 16.7. The average Bonchev–Trinajstić information content (AvgIpc) is 3.17. The van der Waals surface area contributed by atoms with E-state index in [0.29, 0.717) is 11.3 Å². The number of amides is 4. The molecular weight excluding hydrogens is 382 g/mol. The molecule has 0 bridgehead atoms. The summed E-state index contributed by atoms with van der Waals surface area (Å²) in [5.41, 5.74) is 2.51. The van der Waals surface area contributed by atoms with Gasteiger partial charge in [0.15, 0.2) is 0 Å². The maximum absolute atomic E-state index is 13.6. The lowest BCUT2D eigenvalue weighted by Crippen LogP contribution is -2.48. The van der Waals surface area contributed by atoms with E-state index in [2.05, 4.69) is 5.32 Å². The van der Waals surface area contributed by atoms with Crippen LogP contribution in [0, 0.1) is 18.8 Å². The summed E-state index contributed by atoms with van der Waals surface area (Å²) in [6.07, 6.45) is 0. The summed E-state index contributed by atoms with van der Waals surface area (Å²) in [6, 6.07) is 12.6. The second-order valence-electron chi connectivity index (χ2n) is 8.02. The molecule has 30 heavy (non-hydrogen) atoms. The molecule has 7 heteroatoms. The predicted octanol–water partition coefficient (Wildman–Crippen LogP) is 2.13. The number of nitrogens with zero attached hydrogens (tertiary/aromatic N) is 2. The molecule has 3 heterocycles. The van der Waals surface area contributed by atoms with Crippen molar-refractivity contribution in [2.24, 2.45) is 11.8 Å². The number of para-hydroxylation sites is 1. The van der Waals surface area contributed by atoms with Gasteiger partial charge in [0.2, 0.25) is 17.7 Å². The zero-order valence-corrected chi connectivity index (χ0v) is 16.7. The number of benzene rings is 2. The quantitative estimate of drug-likeness (QED) is 0.779. The minimum absolute atomic E-state index is 0.244. The molecule has 5 rings (SSSR count). The molecule has 3 aliphatic rings. The zero-order chi connectivity index (χ0) is 21.2. The molecule has 0 unspecified atom stereocenters. The first-order valence-electron chi connectivity index (χ1n) is 10.1. The number of fused-ring (bicyclic) bond motifs is 4.